The van der Waals surface area contributed by atoms with Gasteiger partial charge in [-0.05, 0) is 26.0 Å². The van der Waals surface area contributed by atoms with E-state index in [9.17, 15) is 9.59 Å². The molecule has 0 unspecified atom stereocenters. The van der Waals surface area contributed by atoms with Crippen LogP contribution in [0.3, 0.4) is 0 Å². The highest BCUT2D eigenvalue weighted by atomic mass is 32.1. The Hall–Kier alpha value is -2.15. The first-order valence-electron chi connectivity index (χ1n) is 5.70. The third-order valence-corrected chi connectivity index (χ3v) is 3.29. The van der Waals surface area contributed by atoms with E-state index in [1.54, 1.807) is 19.1 Å². The summed E-state index contributed by atoms with van der Waals surface area (Å²) < 4.78 is 4.95. The number of carbonyl (C=O) groups excluding carboxylic acids is 2. The molecule has 100 valence electrons. The lowest BCUT2D eigenvalue weighted by molar-refractivity contribution is 0.0528. The van der Waals surface area contributed by atoms with Crippen LogP contribution in [0.4, 0.5) is 5.00 Å². The van der Waals surface area contributed by atoms with E-state index >= 15 is 0 Å². The van der Waals surface area contributed by atoms with E-state index in [0.717, 1.165) is 4.88 Å². The van der Waals surface area contributed by atoms with Crippen molar-refractivity contribution >= 4 is 28.2 Å². The van der Waals surface area contributed by atoms with E-state index in [1.807, 2.05) is 6.92 Å². The molecule has 0 aliphatic rings. The Balaban J connectivity index is 2.20. The Morgan fingerprint density at radius 1 is 1.53 bits per heavy atom. The van der Waals surface area contributed by atoms with Gasteiger partial charge in [0.05, 0.1) is 12.2 Å². The van der Waals surface area contributed by atoms with E-state index in [4.69, 9.17) is 4.74 Å². The molecule has 6 nitrogen and oxygen atoms in total. The van der Waals surface area contributed by atoms with E-state index in [-0.39, 0.29) is 5.91 Å². The molecule has 1 amide bonds. The fourth-order valence-electron chi connectivity index (χ4n) is 1.52. The molecule has 0 bridgehead atoms. The summed E-state index contributed by atoms with van der Waals surface area (Å²) >= 11 is 1.33. The van der Waals surface area contributed by atoms with E-state index in [2.05, 4.69) is 15.5 Å². The third-order valence-electron chi connectivity index (χ3n) is 2.32. The number of aromatic nitrogens is 2. The number of carbonyl (C=O) groups is 2. The van der Waals surface area contributed by atoms with Crippen LogP contribution in [0.25, 0.3) is 0 Å². The number of esters is 1. The van der Waals surface area contributed by atoms with Crippen molar-refractivity contribution in [3.05, 3.63) is 34.5 Å². The van der Waals surface area contributed by atoms with Crippen molar-refractivity contribution in [2.24, 2.45) is 0 Å². The van der Waals surface area contributed by atoms with Crippen molar-refractivity contribution in [2.75, 3.05) is 11.9 Å². The smallest absolute Gasteiger partial charge is 0.341 e. The van der Waals surface area contributed by atoms with Crippen LogP contribution in [0.5, 0.6) is 0 Å². The number of hydrogen-bond acceptors (Lipinski definition) is 5. The van der Waals surface area contributed by atoms with Gasteiger partial charge in [-0.3, -0.25) is 9.89 Å². The lowest BCUT2D eigenvalue weighted by Gasteiger charge is -2.04. The van der Waals surface area contributed by atoms with Crippen molar-refractivity contribution < 1.29 is 14.3 Å². The summed E-state index contributed by atoms with van der Waals surface area (Å²) in [4.78, 5) is 24.6. The molecule has 2 heterocycles. The molecule has 19 heavy (non-hydrogen) atoms. The third kappa shape index (κ3) is 3.00. The molecule has 0 aliphatic heterocycles. The van der Waals surface area contributed by atoms with Crippen LogP contribution >= 0.6 is 11.3 Å². The summed E-state index contributed by atoms with van der Waals surface area (Å²) in [6.45, 7) is 3.89. The molecule has 0 aromatic carbocycles. The predicted octanol–water partition coefficient (Wildman–Crippen LogP) is 2.21. The molecule has 7 heteroatoms. The highest BCUT2D eigenvalue weighted by molar-refractivity contribution is 7.16. The van der Waals surface area contributed by atoms with Gasteiger partial charge in [0.1, 0.15) is 10.7 Å². The maximum absolute atomic E-state index is 11.9. The van der Waals surface area contributed by atoms with Crippen molar-refractivity contribution in [1.82, 2.24) is 10.2 Å². The minimum absolute atomic E-state index is 0.293. The van der Waals surface area contributed by atoms with Gasteiger partial charge < -0.3 is 10.1 Å². The lowest BCUT2D eigenvalue weighted by Crippen LogP contribution is -2.14. The largest absolute Gasteiger partial charge is 0.462 e. The second kappa shape index (κ2) is 5.66. The molecule has 2 N–H and O–H groups in total. The Morgan fingerprint density at radius 3 is 2.95 bits per heavy atom. The van der Waals surface area contributed by atoms with Crippen LogP contribution in [0.2, 0.25) is 0 Å². The number of H-pyrrole nitrogens is 1. The topological polar surface area (TPSA) is 84.1 Å². The van der Waals surface area contributed by atoms with E-state index in [0.29, 0.717) is 22.9 Å². The van der Waals surface area contributed by atoms with Gasteiger partial charge >= 0.3 is 5.97 Å². The molecule has 0 saturated heterocycles. The first-order chi connectivity index (χ1) is 9.11. The van der Waals surface area contributed by atoms with Crippen LogP contribution in [0, 0.1) is 6.92 Å². The normalized spacial score (nSPS) is 10.2. The Labute approximate surface area is 113 Å². The van der Waals surface area contributed by atoms with Crippen LogP contribution in [-0.2, 0) is 4.74 Å². The average Bonchev–Trinajstić information content (AvgIpc) is 2.98. The number of nitrogens with zero attached hydrogens (tertiary/aromatic N) is 1. The number of nitrogens with one attached hydrogen (secondary N) is 2. The average molecular weight is 279 g/mol. The van der Waals surface area contributed by atoms with Gasteiger partial charge in [-0.15, -0.1) is 11.3 Å². The minimum atomic E-state index is -0.438. The molecule has 0 fully saturated rings. The highest BCUT2D eigenvalue weighted by Gasteiger charge is 2.18. The Bertz CT molecular complexity index is 589. The van der Waals surface area contributed by atoms with Crippen molar-refractivity contribution in [3.63, 3.8) is 0 Å². The van der Waals surface area contributed by atoms with Crippen molar-refractivity contribution in [1.29, 1.82) is 0 Å². The van der Waals surface area contributed by atoms with Crippen LogP contribution in [-0.4, -0.2) is 28.7 Å². The summed E-state index contributed by atoms with van der Waals surface area (Å²) in [5.41, 5.74) is 0.707. The zero-order valence-corrected chi connectivity index (χ0v) is 11.3. The molecule has 2 aromatic rings. The molecule has 2 aromatic heterocycles. The minimum Gasteiger partial charge on any atom is -0.462 e. The van der Waals surface area contributed by atoms with Gasteiger partial charge in [0, 0.05) is 11.1 Å². The monoisotopic (exact) mass is 279 g/mol. The maximum Gasteiger partial charge on any atom is 0.341 e. The predicted molar refractivity (Wildman–Crippen MR) is 71.6 cm³/mol. The first kappa shape index (κ1) is 13.3. The number of amides is 1. The number of hydrogen-bond donors (Lipinski definition) is 2. The second-order valence-corrected chi connectivity index (χ2v) is 5.00. The van der Waals surface area contributed by atoms with Gasteiger partial charge in [-0.1, -0.05) is 0 Å². The molecule has 0 saturated carbocycles. The number of aromatic amines is 1. The quantitative estimate of drug-likeness (QED) is 0.840. The van der Waals surface area contributed by atoms with Gasteiger partial charge in [0.25, 0.3) is 5.91 Å². The zero-order valence-electron chi connectivity index (χ0n) is 10.5. The first-order valence-corrected chi connectivity index (χ1v) is 6.51. The molecule has 0 radical (unpaired) electrons. The standard InChI is InChI=1S/C12H13N3O3S/c1-3-18-12(17)8-6-7(2)19-11(8)14-10(16)9-4-5-13-15-9/h4-6H,3H2,1-2H3,(H,13,15)(H,14,16). The Morgan fingerprint density at radius 2 is 2.32 bits per heavy atom. The Kier molecular flexibility index (Phi) is 3.96. The summed E-state index contributed by atoms with van der Waals surface area (Å²) in [6, 6.07) is 3.26. The van der Waals surface area contributed by atoms with Crippen molar-refractivity contribution in [3.8, 4) is 0 Å². The summed E-state index contributed by atoms with van der Waals surface area (Å²) in [6.07, 6.45) is 1.49. The van der Waals surface area contributed by atoms with Crippen LogP contribution < -0.4 is 5.32 Å². The molecular weight excluding hydrogens is 266 g/mol. The molecule has 2 rings (SSSR count). The zero-order chi connectivity index (χ0) is 13.8. The fraction of sp³-hybridized carbons (Fsp3) is 0.250. The van der Waals surface area contributed by atoms with E-state index < -0.39 is 5.97 Å². The van der Waals surface area contributed by atoms with Crippen LogP contribution in [0.1, 0.15) is 32.6 Å². The molecule has 0 spiro atoms. The van der Waals surface area contributed by atoms with Gasteiger partial charge in [0.2, 0.25) is 0 Å². The molecule has 0 atom stereocenters. The highest BCUT2D eigenvalue weighted by Crippen LogP contribution is 2.28. The van der Waals surface area contributed by atoms with Gasteiger partial charge in [-0.25, -0.2) is 4.79 Å². The van der Waals surface area contributed by atoms with E-state index in [1.165, 1.54) is 17.5 Å². The number of anilines is 1. The molecular formula is C12H13N3O3S. The number of aryl methyl sites for hydroxylation is 1. The second-order valence-electron chi connectivity index (χ2n) is 3.74. The summed E-state index contributed by atoms with van der Waals surface area (Å²) in [5.74, 6) is -0.781. The number of thiophene rings is 1. The lowest BCUT2D eigenvalue weighted by atomic mass is 10.3. The fourth-order valence-corrected chi connectivity index (χ4v) is 2.42. The molecule has 0 aliphatic carbocycles. The van der Waals surface area contributed by atoms with Crippen LogP contribution in [0.15, 0.2) is 18.3 Å². The SMILES string of the molecule is CCOC(=O)c1cc(C)sc1NC(=O)c1ccn[nH]1. The summed E-state index contributed by atoms with van der Waals surface area (Å²) in [5, 5.41) is 9.43. The summed E-state index contributed by atoms with van der Waals surface area (Å²) in [7, 11) is 0. The maximum atomic E-state index is 11.9. The van der Waals surface area contributed by atoms with Crippen molar-refractivity contribution in [2.45, 2.75) is 13.8 Å². The number of ether oxygens (including phenoxy) is 1. The number of rotatable bonds is 4. The van der Waals surface area contributed by atoms with Gasteiger partial charge in [-0.2, -0.15) is 5.10 Å². The van der Waals surface area contributed by atoms with Gasteiger partial charge in [0.15, 0.2) is 0 Å².